The number of rotatable bonds is 8. The number of carbonyl (C=O) groups excluding carboxylic acids is 3. The second-order valence-electron chi connectivity index (χ2n) is 6.35. The van der Waals surface area contributed by atoms with Crippen LogP contribution >= 0.6 is 0 Å². The number of methoxy groups -OCH3 is 2. The number of aromatic amines is 1. The van der Waals surface area contributed by atoms with E-state index in [-0.39, 0.29) is 17.9 Å². The topological polar surface area (TPSA) is 104 Å². The first-order valence-corrected chi connectivity index (χ1v) is 9.04. The van der Waals surface area contributed by atoms with Gasteiger partial charge in [-0.2, -0.15) is 0 Å². The summed E-state index contributed by atoms with van der Waals surface area (Å²) in [6, 6.07) is 3.04. The Balaban J connectivity index is 2.17. The lowest BCUT2D eigenvalue weighted by molar-refractivity contribution is 0.0471. The summed E-state index contributed by atoms with van der Waals surface area (Å²) in [4.78, 5) is 39.9. The molecule has 0 radical (unpaired) electrons. The second kappa shape index (κ2) is 9.27. The molecule has 0 unspecified atom stereocenters. The van der Waals surface area contributed by atoms with Crippen molar-refractivity contribution < 1.29 is 33.3 Å². The molecular formula is C21H25NO7. The highest BCUT2D eigenvalue weighted by atomic mass is 16.5. The molecule has 1 aromatic carbocycles. The molecule has 1 N–H and O–H groups in total. The fourth-order valence-corrected chi connectivity index (χ4v) is 3.03. The Hall–Kier alpha value is -3.29. The number of carbonyl (C=O) groups is 3. The van der Waals surface area contributed by atoms with E-state index in [2.05, 4.69) is 4.98 Å². The molecule has 0 saturated heterocycles. The third kappa shape index (κ3) is 4.59. The first kappa shape index (κ1) is 22.0. The van der Waals surface area contributed by atoms with Crippen LogP contribution in [-0.2, 0) is 9.47 Å². The van der Waals surface area contributed by atoms with Gasteiger partial charge in [-0.05, 0) is 45.4 Å². The minimum atomic E-state index is -0.693. The van der Waals surface area contributed by atoms with Gasteiger partial charge in [-0.15, -0.1) is 0 Å². The highest BCUT2D eigenvalue weighted by Gasteiger charge is 2.24. The number of aryl methyl sites for hydroxylation is 1. The van der Waals surface area contributed by atoms with Gasteiger partial charge in [-0.3, -0.25) is 4.79 Å². The van der Waals surface area contributed by atoms with Crippen LogP contribution in [-0.4, -0.2) is 50.1 Å². The first-order valence-electron chi connectivity index (χ1n) is 9.04. The van der Waals surface area contributed by atoms with Crippen LogP contribution in [0.15, 0.2) is 12.1 Å². The van der Waals surface area contributed by atoms with Crippen LogP contribution in [0.4, 0.5) is 0 Å². The van der Waals surface area contributed by atoms with E-state index in [0.29, 0.717) is 28.3 Å². The number of ether oxygens (including phenoxy) is 4. The Labute approximate surface area is 169 Å². The zero-order chi connectivity index (χ0) is 21.7. The zero-order valence-corrected chi connectivity index (χ0v) is 17.4. The maximum atomic E-state index is 12.5. The van der Waals surface area contributed by atoms with Gasteiger partial charge in [0.25, 0.3) is 0 Å². The molecule has 2 rings (SSSR count). The third-order valence-electron chi connectivity index (χ3n) is 4.52. The highest BCUT2D eigenvalue weighted by Crippen LogP contribution is 2.29. The molecule has 0 spiro atoms. The Morgan fingerprint density at radius 1 is 0.897 bits per heavy atom. The van der Waals surface area contributed by atoms with Crippen LogP contribution in [0.1, 0.15) is 54.9 Å². The van der Waals surface area contributed by atoms with Crippen LogP contribution in [0.25, 0.3) is 0 Å². The smallest absolute Gasteiger partial charge is 0.340 e. The van der Waals surface area contributed by atoms with Gasteiger partial charge in [0.2, 0.25) is 5.78 Å². The number of esters is 2. The molecular weight excluding hydrogens is 378 g/mol. The average Bonchev–Trinajstić information content (AvgIpc) is 3.00. The number of ketones is 1. The fraction of sp³-hybridized carbons (Fsp3) is 0.381. The molecule has 0 aliphatic heterocycles. The minimum absolute atomic E-state index is 0.198. The zero-order valence-electron chi connectivity index (χ0n) is 17.4. The van der Waals surface area contributed by atoms with Crippen molar-refractivity contribution in [3.63, 3.8) is 0 Å². The Morgan fingerprint density at radius 3 is 2.00 bits per heavy atom. The SMILES string of the molecule is CCOC(=O)c1c(C)[nH]c(C(=O)COC(=O)c2cc(OC)c(C)c(OC)c2)c1C. The van der Waals surface area contributed by atoms with Crippen molar-refractivity contribution in [2.45, 2.75) is 27.7 Å². The lowest BCUT2D eigenvalue weighted by atomic mass is 10.1. The number of Topliss-reactive ketones (excluding diaryl/α,β-unsaturated/α-hetero) is 1. The van der Waals surface area contributed by atoms with Crippen LogP contribution < -0.4 is 9.47 Å². The summed E-state index contributed by atoms with van der Waals surface area (Å²) < 4.78 is 20.7. The average molecular weight is 403 g/mol. The van der Waals surface area contributed by atoms with E-state index in [0.717, 1.165) is 5.56 Å². The van der Waals surface area contributed by atoms with Crippen molar-refractivity contribution in [2.75, 3.05) is 27.4 Å². The van der Waals surface area contributed by atoms with Crippen molar-refractivity contribution in [3.8, 4) is 11.5 Å². The summed E-state index contributed by atoms with van der Waals surface area (Å²) >= 11 is 0. The maximum absolute atomic E-state index is 12.5. The van der Waals surface area contributed by atoms with E-state index >= 15 is 0 Å². The van der Waals surface area contributed by atoms with E-state index in [1.54, 1.807) is 27.7 Å². The van der Waals surface area contributed by atoms with Gasteiger partial charge in [-0.1, -0.05) is 0 Å². The summed E-state index contributed by atoms with van der Waals surface area (Å²) in [5.41, 5.74) is 2.44. The van der Waals surface area contributed by atoms with E-state index in [1.165, 1.54) is 26.4 Å². The molecule has 0 fully saturated rings. The van der Waals surface area contributed by atoms with Crippen molar-refractivity contribution in [2.24, 2.45) is 0 Å². The fourth-order valence-electron chi connectivity index (χ4n) is 3.03. The lowest BCUT2D eigenvalue weighted by Crippen LogP contribution is -2.16. The summed E-state index contributed by atoms with van der Waals surface area (Å²) in [5.74, 6) is -0.717. The first-order chi connectivity index (χ1) is 13.7. The molecule has 0 atom stereocenters. The number of hydrogen-bond acceptors (Lipinski definition) is 7. The van der Waals surface area contributed by atoms with E-state index in [1.807, 2.05) is 0 Å². The monoisotopic (exact) mass is 403 g/mol. The quantitative estimate of drug-likeness (QED) is 0.533. The molecule has 0 amide bonds. The van der Waals surface area contributed by atoms with E-state index in [4.69, 9.17) is 18.9 Å². The Morgan fingerprint density at radius 2 is 1.48 bits per heavy atom. The number of benzene rings is 1. The third-order valence-corrected chi connectivity index (χ3v) is 4.52. The Kier molecular flexibility index (Phi) is 7.03. The molecule has 0 bridgehead atoms. The van der Waals surface area contributed by atoms with E-state index in [9.17, 15) is 14.4 Å². The van der Waals surface area contributed by atoms with Crippen LogP contribution in [0.2, 0.25) is 0 Å². The van der Waals surface area contributed by atoms with Gasteiger partial charge < -0.3 is 23.9 Å². The maximum Gasteiger partial charge on any atom is 0.340 e. The van der Waals surface area contributed by atoms with Crippen molar-refractivity contribution >= 4 is 17.7 Å². The van der Waals surface area contributed by atoms with Crippen LogP contribution in [0, 0.1) is 20.8 Å². The molecule has 8 nitrogen and oxygen atoms in total. The molecule has 29 heavy (non-hydrogen) atoms. The molecule has 1 aromatic heterocycles. The summed E-state index contributed by atoms with van der Waals surface area (Å²) in [6.07, 6.45) is 0. The summed E-state index contributed by atoms with van der Waals surface area (Å²) in [5, 5.41) is 0. The van der Waals surface area contributed by atoms with Gasteiger partial charge in [0.1, 0.15) is 11.5 Å². The normalized spacial score (nSPS) is 10.4. The summed E-state index contributed by atoms with van der Waals surface area (Å²) in [6.45, 7) is 6.56. The second-order valence-corrected chi connectivity index (χ2v) is 6.35. The van der Waals surface area contributed by atoms with Gasteiger partial charge in [0.05, 0.1) is 37.6 Å². The minimum Gasteiger partial charge on any atom is -0.496 e. The molecule has 1 heterocycles. The molecule has 2 aromatic rings. The van der Waals surface area contributed by atoms with Crippen LogP contribution in [0.3, 0.4) is 0 Å². The Bertz CT molecular complexity index is 918. The molecule has 0 saturated carbocycles. The molecule has 8 heteroatoms. The predicted molar refractivity (Wildman–Crippen MR) is 105 cm³/mol. The molecule has 156 valence electrons. The van der Waals surface area contributed by atoms with Crippen molar-refractivity contribution in [3.05, 3.63) is 45.8 Å². The number of H-pyrrole nitrogens is 1. The lowest BCUT2D eigenvalue weighted by Gasteiger charge is -2.12. The molecule has 0 aliphatic carbocycles. The van der Waals surface area contributed by atoms with E-state index < -0.39 is 24.3 Å². The number of hydrogen-bond donors (Lipinski definition) is 1. The standard InChI is InChI=1S/C21H25NO7/c1-7-28-21(25)18-12(3)19(22-13(18)4)15(23)10-29-20(24)14-8-16(26-5)11(2)17(9-14)27-6/h8-9,22H,7,10H2,1-6H3. The van der Waals surface area contributed by atoms with Gasteiger partial charge >= 0.3 is 11.9 Å². The highest BCUT2D eigenvalue weighted by molar-refractivity contribution is 6.03. The van der Waals surface area contributed by atoms with Crippen molar-refractivity contribution in [1.82, 2.24) is 4.98 Å². The molecule has 0 aliphatic rings. The largest absolute Gasteiger partial charge is 0.496 e. The van der Waals surface area contributed by atoms with Crippen LogP contribution in [0.5, 0.6) is 11.5 Å². The summed E-state index contributed by atoms with van der Waals surface area (Å²) in [7, 11) is 2.97. The van der Waals surface area contributed by atoms with Gasteiger partial charge in [-0.25, -0.2) is 9.59 Å². The predicted octanol–water partition coefficient (Wildman–Crippen LogP) is 3.17. The number of nitrogens with one attached hydrogen (secondary N) is 1. The van der Waals surface area contributed by atoms with Gasteiger partial charge in [0, 0.05) is 11.3 Å². The van der Waals surface area contributed by atoms with Gasteiger partial charge in [0.15, 0.2) is 6.61 Å². The number of aromatic nitrogens is 1. The van der Waals surface area contributed by atoms with Crippen molar-refractivity contribution in [1.29, 1.82) is 0 Å².